The Bertz CT molecular complexity index is 900. The normalized spacial score (nSPS) is 12.0. The summed E-state index contributed by atoms with van der Waals surface area (Å²) in [5.41, 5.74) is 1.69. The van der Waals surface area contributed by atoms with E-state index in [0.29, 0.717) is 29.4 Å². The SMILES string of the molecule is CCOc1cccc2cc(C(C)NC(=O)COc3ccccc3C)oc12. The van der Waals surface area contributed by atoms with Crippen LogP contribution in [0.15, 0.2) is 52.9 Å². The maximum atomic E-state index is 12.2. The van der Waals surface area contributed by atoms with E-state index < -0.39 is 0 Å². The Labute approximate surface area is 152 Å². The number of hydrogen-bond donors (Lipinski definition) is 1. The molecule has 0 bridgehead atoms. The van der Waals surface area contributed by atoms with E-state index in [-0.39, 0.29) is 18.6 Å². The van der Waals surface area contributed by atoms with Crippen molar-refractivity contribution < 1.29 is 18.7 Å². The Balaban J connectivity index is 1.65. The van der Waals surface area contributed by atoms with Gasteiger partial charge in [-0.2, -0.15) is 0 Å². The molecule has 1 N–H and O–H groups in total. The van der Waals surface area contributed by atoms with Gasteiger partial charge in [-0.3, -0.25) is 4.79 Å². The van der Waals surface area contributed by atoms with Crippen molar-refractivity contribution in [2.24, 2.45) is 0 Å². The van der Waals surface area contributed by atoms with E-state index in [1.54, 1.807) is 0 Å². The van der Waals surface area contributed by atoms with E-state index in [2.05, 4.69) is 5.32 Å². The summed E-state index contributed by atoms with van der Waals surface area (Å²) in [6.45, 7) is 6.28. The standard InChI is InChI=1S/C21H23NO4/c1-4-24-18-11-7-9-16-12-19(26-21(16)18)15(3)22-20(23)13-25-17-10-6-5-8-14(17)2/h5-12,15H,4,13H2,1-3H3,(H,22,23). The van der Waals surface area contributed by atoms with Gasteiger partial charge in [0, 0.05) is 5.39 Å². The van der Waals surface area contributed by atoms with E-state index >= 15 is 0 Å². The van der Waals surface area contributed by atoms with Gasteiger partial charge in [-0.1, -0.05) is 30.3 Å². The average Bonchev–Trinajstić information content (AvgIpc) is 3.07. The van der Waals surface area contributed by atoms with Crippen LogP contribution in [0.3, 0.4) is 0 Å². The molecule has 1 aromatic heterocycles. The van der Waals surface area contributed by atoms with Crippen LogP contribution in [0.2, 0.25) is 0 Å². The van der Waals surface area contributed by atoms with Gasteiger partial charge < -0.3 is 19.2 Å². The van der Waals surface area contributed by atoms with Crippen molar-refractivity contribution in [3.8, 4) is 11.5 Å². The quantitative estimate of drug-likeness (QED) is 0.684. The fourth-order valence-corrected chi connectivity index (χ4v) is 2.75. The number of fused-ring (bicyclic) bond motifs is 1. The summed E-state index contributed by atoms with van der Waals surface area (Å²) in [4.78, 5) is 12.2. The highest BCUT2D eigenvalue weighted by atomic mass is 16.5. The summed E-state index contributed by atoms with van der Waals surface area (Å²) in [6.07, 6.45) is 0. The molecule has 5 nitrogen and oxygen atoms in total. The van der Waals surface area contributed by atoms with E-state index in [9.17, 15) is 4.79 Å². The highest BCUT2D eigenvalue weighted by Gasteiger charge is 2.16. The number of rotatable bonds is 7. The first-order valence-electron chi connectivity index (χ1n) is 8.71. The predicted molar refractivity (Wildman–Crippen MR) is 101 cm³/mol. The Morgan fingerprint density at radius 2 is 1.88 bits per heavy atom. The van der Waals surface area contributed by atoms with Gasteiger partial charge in [0.15, 0.2) is 17.9 Å². The van der Waals surface area contributed by atoms with Crippen LogP contribution in [0.25, 0.3) is 11.0 Å². The molecule has 0 fully saturated rings. The maximum absolute atomic E-state index is 12.2. The van der Waals surface area contributed by atoms with Crippen molar-refractivity contribution in [1.82, 2.24) is 5.32 Å². The van der Waals surface area contributed by atoms with Crippen LogP contribution in [-0.2, 0) is 4.79 Å². The van der Waals surface area contributed by atoms with Gasteiger partial charge in [0.1, 0.15) is 11.5 Å². The van der Waals surface area contributed by atoms with Crippen molar-refractivity contribution in [1.29, 1.82) is 0 Å². The number of furan rings is 1. The molecule has 0 aliphatic carbocycles. The molecule has 1 heterocycles. The molecule has 26 heavy (non-hydrogen) atoms. The average molecular weight is 353 g/mol. The molecule has 136 valence electrons. The molecule has 0 spiro atoms. The lowest BCUT2D eigenvalue weighted by atomic mass is 10.2. The molecule has 0 saturated carbocycles. The zero-order valence-corrected chi connectivity index (χ0v) is 15.2. The fourth-order valence-electron chi connectivity index (χ4n) is 2.75. The number of amides is 1. The van der Waals surface area contributed by atoms with Gasteiger partial charge in [0.2, 0.25) is 0 Å². The summed E-state index contributed by atoms with van der Waals surface area (Å²) in [7, 11) is 0. The number of hydrogen-bond acceptors (Lipinski definition) is 4. The van der Waals surface area contributed by atoms with Gasteiger partial charge >= 0.3 is 0 Å². The Hall–Kier alpha value is -2.95. The first kappa shape index (κ1) is 17.9. The maximum Gasteiger partial charge on any atom is 0.258 e. The van der Waals surface area contributed by atoms with Gasteiger partial charge in [-0.05, 0) is 44.5 Å². The van der Waals surface area contributed by atoms with Crippen LogP contribution in [0.4, 0.5) is 0 Å². The van der Waals surface area contributed by atoms with Crippen LogP contribution in [0.1, 0.15) is 31.2 Å². The highest BCUT2D eigenvalue weighted by molar-refractivity contribution is 5.84. The van der Waals surface area contributed by atoms with Crippen molar-refractivity contribution in [2.45, 2.75) is 26.8 Å². The summed E-state index contributed by atoms with van der Waals surface area (Å²) in [5.74, 6) is 1.89. The zero-order valence-electron chi connectivity index (χ0n) is 15.2. The number of carbonyl (C=O) groups excluding carboxylic acids is 1. The second kappa shape index (κ2) is 7.95. The molecular formula is C21H23NO4. The summed E-state index contributed by atoms with van der Waals surface area (Å²) in [5, 5.41) is 3.85. The van der Waals surface area contributed by atoms with E-state index in [1.165, 1.54) is 0 Å². The van der Waals surface area contributed by atoms with Gasteiger partial charge in [0.05, 0.1) is 12.6 Å². The van der Waals surface area contributed by atoms with Crippen LogP contribution in [-0.4, -0.2) is 19.1 Å². The molecular weight excluding hydrogens is 330 g/mol. The zero-order chi connectivity index (χ0) is 18.5. The minimum atomic E-state index is -0.273. The first-order chi connectivity index (χ1) is 12.6. The van der Waals surface area contributed by atoms with E-state index in [0.717, 1.165) is 10.9 Å². The Morgan fingerprint density at radius 3 is 2.65 bits per heavy atom. The number of benzene rings is 2. The Kier molecular flexibility index (Phi) is 5.46. The van der Waals surface area contributed by atoms with Crippen molar-refractivity contribution in [2.75, 3.05) is 13.2 Å². The van der Waals surface area contributed by atoms with Crippen LogP contribution in [0.5, 0.6) is 11.5 Å². The van der Waals surface area contributed by atoms with Crippen LogP contribution >= 0.6 is 0 Å². The number of ether oxygens (including phenoxy) is 2. The van der Waals surface area contributed by atoms with E-state index in [1.807, 2.05) is 69.3 Å². The van der Waals surface area contributed by atoms with Crippen molar-refractivity contribution >= 4 is 16.9 Å². The smallest absolute Gasteiger partial charge is 0.258 e. The highest BCUT2D eigenvalue weighted by Crippen LogP contribution is 2.31. The first-order valence-corrected chi connectivity index (χ1v) is 8.71. The number of aryl methyl sites for hydroxylation is 1. The molecule has 0 aliphatic rings. The third-order valence-electron chi connectivity index (χ3n) is 4.08. The summed E-state index contributed by atoms with van der Waals surface area (Å²) >= 11 is 0. The molecule has 1 atom stereocenters. The third-order valence-corrected chi connectivity index (χ3v) is 4.08. The fraction of sp³-hybridized carbons (Fsp3) is 0.286. The number of carbonyl (C=O) groups is 1. The molecule has 1 amide bonds. The van der Waals surface area contributed by atoms with Gasteiger partial charge in [-0.15, -0.1) is 0 Å². The van der Waals surface area contributed by atoms with Crippen molar-refractivity contribution in [3.05, 3.63) is 59.9 Å². The van der Waals surface area contributed by atoms with Crippen LogP contribution < -0.4 is 14.8 Å². The lowest BCUT2D eigenvalue weighted by Crippen LogP contribution is -2.31. The minimum absolute atomic E-state index is 0.0420. The molecule has 3 rings (SSSR count). The second-order valence-corrected chi connectivity index (χ2v) is 6.10. The number of para-hydroxylation sites is 2. The minimum Gasteiger partial charge on any atom is -0.490 e. The monoisotopic (exact) mass is 353 g/mol. The largest absolute Gasteiger partial charge is 0.490 e. The lowest BCUT2D eigenvalue weighted by molar-refractivity contribution is -0.123. The molecule has 3 aromatic rings. The molecule has 1 unspecified atom stereocenters. The third kappa shape index (κ3) is 3.99. The molecule has 0 radical (unpaired) electrons. The summed E-state index contributed by atoms with van der Waals surface area (Å²) < 4.78 is 17.1. The van der Waals surface area contributed by atoms with Crippen LogP contribution in [0, 0.1) is 6.92 Å². The van der Waals surface area contributed by atoms with Gasteiger partial charge in [-0.25, -0.2) is 0 Å². The van der Waals surface area contributed by atoms with Crippen molar-refractivity contribution in [3.63, 3.8) is 0 Å². The molecule has 0 saturated heterocycles. The second-order valence-electron chi connectivity index (χ2n) is 6.10. The molecule has 0 aliphatic heterocycles. The topological polar surface area (TPSA) is 60.7 Å². The predicted octanol–water partition coefficient (Wildman–Crippen LogP) is 4.40. The number of nitrogens with one attached hydrogen (secondary N) is 1. The van der Waals surface area contributed by atoms with Gasteiger partial charge in [0.25, 0.3) is 5.91 Å². The van der Waals surface area contributed by atoms with E-state index in [4.69, 9.17) is 13.9 Å². The molecule has 2 aromatic carbocycles. The summed E-state index contributed by atoms with van der Waals surface area (Å²) in [6, 6.07) is 15.0. The lowest BCUT2D eigenvalue weighted by Gasteiger charge is -2.13. The molecule has 5 heteroatoms. The Morgan fingerprint density at radius 1 is 1.12 bits per heavy atom.